The Morgan fingerprint density at radius 1 is 1.00 bits per heavy atom. The monoisotopic (exact) mass is 361 g/mol. The van der Waals surface area contributed by atoms with Crippen molar-refractivity contribution in [2.45, 2.75) is 44.9 Å². The number of rotatable bonds is 9. The molecule has 0 saturated carbocycles. The van der Waals surface area contributed by atoms with Gasteiger partial charge in [0.15, 0.2) is 11.5 Å². The quantitative estimate of drug-likeness (QED) is 0.493. The van der Waals surface area contributed by atoms with E-state index in [1.165, 1.54) is 6.42 Å². The molecule has 0 N–H and O–H groups in total. The molecule has 1 fully saturated rings. The zero-order chi connectivity index (χ0) is 18.8. The van der Waals surface area contributed by atoms with E-state index in [-0.39, 0.29) is 5.91 Å². The second-order valence-electron chi connectivity index (χ2n) is 6.57. The van der Waals surface area contributed by atoms with E-state index in [4.69, 9.17) is 14.2 Å². The molecule has 0 bridgehead atoms. The molecule has 0 unspecified atom stereocenters. The molecule has 1 amide bonds. The van der Waals surface area contributed by atoms with Crippen molar-refractivity contribution in [2.75, 3.05) is 34.4 Å². The molecule has 1 aromatic rings. The summed E-state index contributed by atoms with van der Waals surface area (Å²) in [6, 6.07) is 3.99. The summed E-state index contributed by atoms with van der Waals surface area (Å²) in [5.41, 5.74) is 1.16. The van der Waals surface area contributed by atoms with Gasteiger partial charge in [-0.1, -0.05) is 6.08 Å². The maximum Gasteiger partial charge on any atom is 0.246 e. The molecule has 0 radical (unpaired) electrons. The summed E-state index contributed by atoms with van der Waals surface area (Å²) in [6.45, 7) is 1.81. The van der Waals surface area contributed by atoms with Gasteiger partial charge in [0.1, 0.15) is 0 Å². The number of carbonyl (C=O) groups is 1. The van der Waals surface area contributed by atoms with E-state index in [1.807, 2.05) is 23.1 Å². The maximum absolute atomic E-state index is 12.1. The number of benzene rings is 1. The Kier molecular flexibility index (Phi) is 8.32. The second-order valence-corrected chi connectivity index (χ2v) is 6.57. The minimum absolute atomic E-state index is 0.161. The highest BCUT2D eigenvalue weighted by atomic mass is 16.5. The Bertz CT molecular complexity index is 581. The average Bonchev–Trinajstić information content (AvgIpc) is 2.70. The summed E-state index contributed by atoms with van der Waals surface area (Å²) in [4.78, 5) is 14.0. The summed E-state index contributed by atoms with van der Waals surface area (Å²) < 4.78 is 16.1. The predicted octanol–water partition coefficient (Wildman–Crippen LogP) is 3.99. The molecule has 0 aromatic heterocycles. The van der Waals surface area contributed by atoms with Crippen LogP contribution in [0.5, 0.6) is 17.2 Å². The smallest absolute Gasteiger partial charge is 0.246 e. The van der Waals surface area contributed by atoms with Crippen molar-refractivity contribution in [3.63, 3.8) is 0 Å². The number of nitrogens with zero attached hydrogens (tertiary/aromatic N) is 1. The minimum atomic E-state index is 0.161. The lowest BCUT2D eigenvalue weighted by Crippen LogP contribution is -2.34. The molecule has 0 atom stereocenters. The van der Waals surface area contributed by atoms with Gasteiger partial charge in [0.05, 0.1) is 21.3 Å². The zero-order valence-electron chi connectivity index (χ0n) is 16.3. The lowest BCUT2D eigenvalue weighted by Gasteiger charge is -2.25. The Hall–Kier alpha value is -2.17. The van der Waals surface area contributed by atoms with Crippen molar-refractivity contribution < 1.29 is 19.0 Å². The third-order valence-corrected chi connectivity index (χ3v) is 4.74. The van der Waals surface area contributed by atoms with Crippen LogP contribution in [0.3, 0.4) is 0 Å². The van der Waals surface area contributed by atoms with Crippen molar-refractivity contribution in [1.29, 1.82) is 0 Å². The van der Waals surface area contributed by atoms with E-state index >= 15 is 0 Å². The van der Waals surface area contributed by atoms with E-state index in [0.29, 0.717) is 17.2 Å². The predicted molar refractivity (Wildman–Crippen MR) is 103 cm³/mol. The summed E-state index contributed by atoms with van der Waals surface area (Å²) >= 11 is 0. The first-order valence-electron chi connectivity index (χ1n) is 9.44. The molecule has 26 heavy (non-hydrogen) atoms. The lowest BCUT2D eigenvalue weighted by molar-refractivity contribution is -0.126. The molecule has 5 heteroatoms. The van der Waals surface area contributed by atoms with Crippen LogP contribution in [0.25, 0.3) is 0 Å². The fraction of sp³-hybridized carbons (Fsp3) is 0.571. The van der Waals surface area contributed by atoms with Crippen LogP contribution in [0, 0.1) is 0 Å². The Labute approximate surface area is 156 Å². The zero-order valence-corrected chi connectivity index (χ0v) is 16.3. The summed E-state index contributed by atoms with van der Waals surface area (Å²) in [5, 5.41) is 0. The fourth-order valence-corrected chi connectivity index (χ4v) is 3.27. The number of hydrogen-bond donors (Lipinski definition) is 0. The number of methoxy groups -OCH3 is 3. The SMILES string of the molecule is COc1cc(CCCC/C=C/C(=O)N2CCCCC2)cc(OC)c1OC. The number of piperidine rings is 1. The molecular weight excluding hydrogens is 330 g/mol. The molecule has 1 aromatic carbocycles. The number of likely N-dealkylation sites (tertiary alicyclic amines) is 1. The van der Waals surface area contributed by atoms with Gasteiger partial charge in [0.25, 0.3) is 0 Å². The van der Waals surface area contributed by atoms with Crippen molar-refractivity contribution in [1.82, 2.24) is 4.90 Å². The van der Waals surface area contributed by atoms with E-state index in [1.54, 1.807) is 27.4 Å². The molecule has 5 nitrogen and oxygen atoms in total. The van der Waals surface area contributed by atoms with Crippen molar-refractivity contribution in [2.24, 2.45) is 0 Å². The van der Waals surface area contributed by atoms with E-state index in [2.05, 4.69) is 0 Å². The van der Waals surface area contributed by atoms with Gasteiger partial charge < -0.3 is 19.1 Å². The molecular formula is C21H31NO4. The third-order valence-electron chi connectivity index (χ3n) is 4.74. The number of aryl methyl sites for hydroxylation is 1. The van der Waals surface area contributed by atoms with Crippen molar-refractivity contribution >= 4 is 5.91 Å². The van der Waals surface area contributed by atoms with E-state index < -0.39 is 0 Å². The highest BCUT2D eigenvalue weighted by molar-refractivity contribution is 5.87. The Morgan fingerprint density at radius 2 is 1.65 bits per heavy atom. The topological polar surface area (TPSA) is 48.0 Å². The molecule has 1 heterocycles. The van der Waals surface area contributed by atoms with Gasteiger partial charge in [0.2, 0.25) is 11.7 Å². The van der Waals surface area contributed by atoms with E-state index in [9.17, 15) is 4.79 Å². The van der Waals surface area contributed by atoms with Crippen LogP contribution in [0.4, 0.5) is 0 Å². The Morgan fingerprint density at radius 3 is 2.23 bits per heavy atom. The highest BCUT2D eigenvalue weighted by Gasteiger charge is 2.14. The van der Waals surface area contributed by atoms with Gasteiger partial charge in [-0.15, -0.1) is 0 Å². The van der Waals surface area contributed by atoms with Gasteiger partial charge in [-0.2, -0.15) is 0 Å². The van der Waals surface area contributed by atoms with Crippen LogP contribution in [0.1, 0.15) is 44.1 Å². The first-order chi connectivity index (χ1) is 12.7. The molecule has 1 saturated heterocycles. The fourth-order valence-electron chi connectivity index (χ4n) is 3.27. The molecule has 144 valence electrons. The summed E-state index contributed by atoms with van der Waals surface area (Å²) in [7, 11) is 4.87. The third kappa shape index (κ3) is 5.68. The summed E-state index contributed by atoms with van der Waals surface area (Å²) in [5.74, 6) is 2.16. The van der Waals surface area contributed by atoms with Crippen molar-refractivity contribution in [3.05, 3.63) is 29.8 Å². The standard InChI is InChI=1S/C21H31NO4/c1-24-18-15-17(16-19(25-2)21(18)26-3)11-7-4-5-8-12-20(23)22-13-9-6-10-14-22/h8,12,15-16H,4-7,9-11,13-14H2,1-3H3/b12-8+. The van der Waals surface area contributed by atoms with Crippen LogP contribution in [0.2, 0.25) is 0 Å². The number of carbonyl (C=O) groups excluding carboxylic acids is 1. The van der Waals surface area contributed by atoms with Crippen LogP contribution in [0.15, 0.2) is 24.3 Å². The average molecular weight is 361 g/mol. The minimum Gasteiger partial charge on any atom is -0.493 e. The number of unbranched alkanes of at least 4 members (excludes halogenated alkanes) is 2. The largest absolute Gasteiger partial charge is 0.493 e. The number of amides is 1. The van der Waals surface area contributed by atoms with Crippen LogP contribution < -0.4 is 14.2 Å². The van der Waals surface area contributed by atoms with Crippen LogP contribution in [-0.2, 0) is 11.2 Å². The first kappa shape index (κ1) is 20.1. The molecule has 0 spiro atoms. The molecule has 1 aliphatic heterocycles. The normalized spacial score (nSPS) is 14.5. The second kappa shape index (κ2) is 10.7. The number of ether oxygens (including phenoxy) is 3. The Balaban J connectivity index is 1.77. The molecule has 1 aliphatic rings. The van der Waals surface area contributed by atoms with Gasteiger partial charge in [0, 0.05) is 13.1 Å². The van der Waals surface area contributed by atoms with Gasteiger partial charge in [-0.25, -0.2) is 0 Å². The molecule has 0 aliphatic carbocycles. The summed E-state index contributed by atoms with van der Waals surface area (Å²) in [6.07, 6.45) is 11.2. The first-order valence-corrected chi connectivity index (χ1v) is 9.44. The van der Waals surface area contributed by atoms with Crippen LogP contribution >= 0.6 is 0 Å². The van der Waals surface area contributed by atoms with Crippen molar-refractivity contribution in [3.8, 4) is 17.2 Å². The van der Waals surface area contributed by atoms with Gasteiger partial charge in [-0.05, 0) is 68.7 Å². The van der Waals surface area contributed by atoms with Gasteiger partial charge in [-0.3, -0.25) is 4.79 Å². The highest BCUT2D eigenvalue weighted by Crippen LogP contribution is 2.38. The maximum atomic E-state index is 12.1. The lowest BCUT2D eigenvalue weighted by atomic mass is 10.1. The number of hydrogen-bond acceptors (Lipinski definition) is 4. The van der Waals surface area contributed by atoms with Crippen LogP contribution in [-0.4, -0.2) is 45.2 Å². The van der Waals surface area contributed by atoms with E-state index in [0.717, 1.165) is 57.2 Å². The van der Waals surface area contributed by atoms with Gasteiger partial charge >= 0.3 is 0 Å². The number of allylic oxidation sites excluding steroid dienone is 1. The molecule has 2 rings (SSSR count).